The first-order valence-corrected chi connectivity index (χ1v) is 10.5. The number of rotatable bonds is 11. The van der Waals surface area contributed by atoms with Crippen molar-refractivity contribution in [2.75, 3.05) is 6.61 Å². The Balaban J connectivity index is 1.83. The summed E-state index contributed by atoms with van der Waals surface area (Å²) in [6.45, 7) is 4.39. The molecule has 2 aromatic carbocycles. The fourth-order valence-electron chi connectivity index (χ4n) is 2.60. The highest BCUT2D eigenvalue weighted by atomic mass is 16.5. The Labute approximate surface area is 182 Å². The van der Waals surface area contributed by atoms with Crippen molar-refractivity contribution in [3.05, 3.63) is 65.7 Å². The average Bonchev–Trinajstić information content (AvgIpc) is 2.78. The zero-order valence-corrected chi connectivity index (χ0v) is 18.0. The molecule has 0 N–H and O–H groups in total. The van der Waals surface area contributed by atoms with E-state index in [4.69, 9.17) is 14.2 Å². The van der Waals surface area contributed by atoms with E-state index in [1.807, 2.05) is 6.92 Å². The van der Waals surface area contributed by atoms with E-state index in [1.54, 1.807) is 54.6 Å². The molecule has 0 atom stereocenters. The van der Waals surface area contributed by atoms with Crippen LogP contribution >= 0.6 is 0 Å². The largest absolute Gasteiger partial charge is 0.462 e. The minimum absolute atomic E-state index is 0.272. The van der Waals surface area contributed by atoms with E-state index in [1.165, 1.54) is 6.08 Å². The third-order valence-electron chi connectivity index (χ3n) is 4.25. The lowest BCUT2D eigenvalue weighted by atomic mass is 10.1. The molecule has 164 valence electrons. The summed E-state index contributed by atoms with van der Waals surface area (Å²) in [4.78, 5) is 35.5. The molecule has 0 spiro atoms. The Morgan fingerprint density at radius 1 is 0.806 bits per heavy atom. The van der Waals surface area contributed by atoms with Crippen LogP contribution in [0.4, 0.5) is 0 Å². The highest BCUT2D eigenvalue weighted by Gasteiger charge is 2.07. The van der Waals surface area contributed by atoms with E-state index in [2.05, 4.69) is 6.92 Å². The molecule has 0 aliphatic carbocycles. The van der Waals surface area contributed by atoms with Crippen LogP contribution in [0, 0.1) is 0 Å². The highest BCUT2D eigenvalue weighted by Crippen LogP contribution is 2.19. The van der Waals surface area contributed by atoms with Crippen LogP contribution in [-0.4, -0.2) is 24.5 Å². The van der Waals surface area contributed by atoms with Crippen LogP contribution in [0.25, 0.3) is 6.08 Å². The fourth-order valence-corrected chi connectivity index (χ4v) is 2.60. The van der Waals surface area contributed by atoms with Crippen LogP contribution in [0.3, 0.4) is 0 Å². The topological polar surface area (TPSA) is 78.9 Å². The van der Waals surface area contributed by atoms with Crippen LogP contribution in [-0.2, 0) is 14.3 Å². The first kappa shape index (κ1) is 23.9. The lowest BCUT2D eigenvalue weighted by Crippen LogP contribution is -2.07. The minimum Gasteiger partial charge on any atom is -0.462 e. The Bertz CT molecular complexity index is 881. The third kappa shape index (κ3) is 8.86. The van der Waals surface area contributed by atoms with Gasteiger partial charge in [-0.05, 0) is 60.9 Å². The monoisotopic (exact) mass is 424 g/mol. The van der Waals surface area contributed by atoms with Crippen LogP contribution in [0.15, 0.2) is 54.6 Å². The zero-order valence-electron chi connectivity index (χ0n) is 18.0. The molecule has 6 nitrogen and oxygen atoms in total. The number of ether oxygens (including phenoxy) is 3. The Hall–Kier alpha value is -3.41. The average molecular weight is 424 g/mol. The van der Waals surface area contributed by atoms with E-state index >= 15 is 0 Å². The summed E-state index contributed by atoms with van der Waals surface area (Å²) in [5, 5.41) is 0. The summed E-state index contributed by atoms with van der Waals surface area (Å²) >= 11 is 0. The molecular weight excluding hydrogens is 396 g/mol. The maximum Gasteiger partial charge on any atom is 0.338 e. The number of carbonyl (C=O) groups is 3. The van der Waals surface area contributed by atoms with Crippen molar-refractivity contribution in [1.29, 1.82) is 0 Å². The van der Waals surface area contributed by atoms with Gasteiger partial charge in [0.15, 0.2) is 0 Å². The lowest BCUT2D eigenvalue weighted by molar-refractivity contribution is -0.134. The van der Waals surface area contributed by atoms with Crippen molar-refractivity contribution in [1.82, 2.24) is 0 Å². The number of benzene rings is 2. The minimum atomic E-state index is -0.546. The number of unbranched alkanes of at least 4 members (excludes halogenated alkanes) is 2. The second-order valence-electron chi connectivity index (χ2n) is 6.91. The standard InChI is InChI=1S/C25H28O6/c1-3-5-6-7-23(26)30-21-13-15-22(16-14-21)31-24(27)17-10-19-8-11-20(12-9-19)25(28)29-18-4-2/h8-17H,3-7,18H2,1-2H3. The smallest absolute Gasteiger partial charge is 0.338 e. The molecule has 0 saturated heterocycles. The van der Waals surface area contributed by atoms with Gasteiger partial charge in [-0.2, -0.15) is 0 Å². The molecule has 2 rings (SSSR count). The predicted octanol–water partition coefficient (Wildman–Crippen LogP) is 5.36. The van der Waals surface area contributed by atoms with Gasteiger partial charge in [0.05, 0.1) is 12.2 Å². The molecule has 0 amide bonds. The molecule has 0 radical (unpaired) electrons. The van der Waals surface area contributed by atoms with Gasteiger partial charge in [0, 0.05) is 12.5 Å². The maximum absolute atomic E-state index is 12.0. The van der Waals surface area contributed by atoms with Crippen LogP contribution < -0.4 is 9.47 Å². The van der Waals surface area contributed by atoms with Crippen molar-refractivity contribution in [2.24, 2.45) is 0 Å². The van der Waals surface area contributed by atoms with Gasteiger partial charge in [-0.25, -0.2) is 9.59 Å². The molecule has 0 unspecified atom stereocenters. The maximum atomic E-state index is 12.0. The van der Waals surface area contributed by atoms with Gasteiger partial charge >= 0.3 is 17.9 Å². The summed E-state index contributed by atoms with van der Waals surface area (Å²) in [7, 11) is 0. The summed E-state index contributed by atoms with van der Waals surface area (Å²) < 4.78 is 15.6. The van der Waals surface area contributed by atoms with Crippen molar-refractivity contribution < 1.29 is 28.6 Å². The molecular formula is C25H28O6. The van der Waals surface area contributed by atoms with Gasteiger partial charge in [-0.15, -0.1) is 0 Å². The number of carbonyl (C=O) groups excluding carboxylic acids is 3. The van der Waals surface area contributed by atoms with Crippen LogP contribution in [0.2, 0.25) is 0 Å². The summed E-state index contributed by atoms with van der Waals surface area (Å²) in [6.07, 6.45) is 6.89. The third-order valence-corrected chi connectivity index (χ3v) is 4.25. The molecule has 0 aromatic heterocycles. The van der Waals surface area contributed by atoms with E-state index in [9.17, 15) is 14.4 Å². The van der Waals surface area contributed by atoms with E-state index in [0.29, 0.717) is 30.1 Å². The van der Waals surface area contributed by atoms with E-state index < -0.39 is 5.97 Å². The van der Waals surface area contributed by atoms with Gasteiger partial charge in [0.1, 0.15) is 11.5 Å². The molecule has 0 heterocycles. The fraction of sp³-hybridized carbons (Fsp3) is 0.320. The summed E-state index contributed by atoms with van der Waals surface area (Å²) in [5.41, 5.74) is 1.20. The van der Waals surface area contributed by atoms with Gasteiger partial charge in [0.2, 0.25) is 0 Å². The summed E-state index contributed by atoms with van der Waals surface area (Å²) in [6, 6.07) is 13.0. The van der Waals surface area contributed by atoms with Gasteiger partial charge in [-0.3, -0.25) is 4.79 Å². The van der Waals surface area contributed by atoms with Crippen molar-refractivity contribution in [3.8, 4) is 11.5 Å². The summed E-state index contributed by atoms with van der Waals surface area (Å²) in [5.74, 6) is -0.433. The van der Waals surface area contributed by atoms with Crippen LogP contribution in [0.5, 0.6) is 11.5 Å². The van der Waals surface area contributed by atoms with Crippen molar-refractivity contribution in [3.63, 3.8) is 0 Å². The molecule has 6 heteroatoms. The van der Waals surface area contributed by atoms with E-state index in [-0.39, 0.29) is 11.9 Å². The second kappa shape index (κ2) is 13.0. The van der Waals surface area contributed by atoms with Gasteiger partial charge in [-0.1, -0.05) is 38.8 Å². The second-order valence-corrected chi connectivity index (χ2v) is 6.91. The molecule has 0 aliphatic heterocycles. The quantitative estimate of drug-likeness (QED) is 0.209. The molecule has 0 bridgehead atoms. The Kier molecular flexibility index (Phi) is 10.0. The molecule has 0 fully saturated rings. The first-order chi connectivity index (χ1) is 15.0. The molecule has 31 heavy (non-hydrogen) atoms. The van der Waals surface area contributed by atoms with Crippen LogP contribution in [0.1, 0.15) is 61.9 Å². The zero-order chi connectivity index (χ0) is 22.5. The predicted molar refractivity (Wildman–Crippen MR) is 118 cm³/mol. The van der Waals surface area contributed by atoms with Crippen molar-refractivity contribution in [2.45, 2.75) is 46.0 Å². The van der Waals surface area contributed by atoms with Crippen molar-refractivity contribution >= 4 is 24.0 Å². The lowest BCUT2D eigenvalue weighted by Gasteiger charge is -2.06. The number of hydrogen-bond donors (Lipinski definition) is 0. The van der Waals surface area contributed by atoms with Gasteiger partial charge < -0.3 is 14.2 Å². The first-order valence-electron chi connectivity index (χ1n) is 10.5. The Morgan fingerprint density at radius 2 is 1.45 bits per heavy atom. The van der Waals surface area contributed by atoms with E-state index in [0.717, 1.165) is 31.2 Å². The Morgan fingerprint density at radius 3 is 2.06 bits per heavy atom. The number of esters is 3. The highest BCUT2D eigenvalue weighted by molar-refractivity contribution is 5.91. The van der Waals surface area contributed by atoms with Gasteiger partial charge in [0.25, 0.3) is 0 Å². The number of hydrogen-bond acceptors (Lipinski definition) is 6. The SMILES string of the molecule is CCCCCC(=O)Oc1ccc(OC(=O)C=Cc2ccc(C(=O)OCCC)cc2)cc1. The molecule has 2 aromatic rings. The normalized spacial score (nSPS) is 10.6. The molecule has 0 saturated carbocycles. The molecule has 0 aliphatic rings.